The van der Waals surface area contributed by atoms with Gasteiger partial charge in [0.1, 0.15) is 0 Å². The van der Waals surface area contributed by atoms with Gasteiger partial charge in [0.15, 0.2) is 5.82 Å². The average Bonchev–Trinajstić information content (AvgIpc) is 3.03. The first-order valence-corrected chi connectivity index (χ1v) is 7.97. The summed E-state index contributed by atoms with van der Waals surface area (Å²) in [6.45, 7) is 7.06. The lowest BCUT2D eigenvalue weighted by atomic mass is 10.1. The van der Waals surface area contributed by atoms with Crippen LogP contribution in [0.25, 0.3) is 10.1 Å². The Bertz CT molecular complexity index is 747. The molecule has 0 spiro atoms. The van der Waals surface area contributed by atoms with Crippen LogP contribution < -0.4 is 5.32 Å². The fourth-order valence-electron chi connectivity index (χ4n) is 2.54. The number of hydrogen-bond acceptors (Lipinski definition) is 5. The summed E-state index contributed by atoms with van der Waals surface area (Å²) < 4.78 is 6.33. The number of benzene rings is 1. The second kappa shape index (κ2) is 5.95. The summed E-state index contributed by atoms with van der Waals surface area (Å²) in [6, 6.07) is 8.90. The summed E-state index contributed by atoms with van der Waals surface area (Å²) in [7, 11) is 0. The quantitative estimate of drug-likeness (QED) is 0.779. The maximum Gasteiger partial charge on any atom is 0.223 e. The van der Waals surface area contributed by atoms with Crippen molar-refractivity contribution in [1.82, 2.24) is 15.5 Å². The van der Waals surface area contributed by atoms with E-state index in [1.54, 1.807) is 0 Å². The molecule has 0 radical (unpaired) electrons. The fourth-order valence-corrected chi connectivity index (χ4v) is 3.78. The van der Waals surface area contributed by atoms with E-state index in [4.69, 9.17) is 4.52 Å². The van der Waals surface area contributed by atoms with E-state index in [9.17, 15) is 0 Å². The van der Waals surface area contributed by atoms with E-state index in [0.29, 0.717) is 11.9 Å². The number of nitrogens with zero attached hydrogens (tertiary/aromatic N) is 2. The molecule has 3 aromatic rings. The highest BCUT2D eigenvalue weighted by Crippen LogP contribution is 2.34. The monoisotopic (exact) mass is 301 g/mol. The smallest absolute Gasteiger partial charge is 0.223 e. The van der Waals surface area contributed by atoms with E-state index in [1.807, 2.05) is 18.3 Å². The van der Waals surface area contributed by atoms with Gasteiger partial charge in [-0.3, -0.25) is 0 Å². The molecule has 0 bridgehead atoms. The lowest BCUT2D eigenvalue weighted by Crippen LogP contribution is -2.21. The lowest BCUT2D eigenvalue weighted by Gasteiger charge is -2.12. The Labute approximate surface area is 128 Å². The summed E-state index contributed by atoms with van der Waals surface area (Å²) in [6.07, 6.45) is 0.783. The van der Waals surface area contributed by atoms with Gasteiger partial charge in [-0.2, -0.15) is 4.98 Å². The van der Waals surface area contributed by atoms with Gasteiger partial charge in [-0.15, -0.1) is 11.3 Å². The first-order valence-electron chi connectivity index (χ1n) is 7.15. The summed E-state index contributed by atoms with van der Waals surface area (Å²) in [5, 5.41) is 8.82. The summed E-state index contributed by atoms with van der Waals surface area (Å²) >= 11 is 1.87. The number of thiophene rings is 1. The molecule has 1 N–H and O–H groups in total. The van der Waals surface area contributed by atoms with Gasteiger partial charge >= 0.3 is 0 Å². The van der Waals surface area contributed by atoms with Crippen molar-refractivity contribution in [3.8, 4) is 0 Å². The summed E-state index contributed by atoms with van der Waals surface area (Å²) in [5.41, 5.74) is 1.38. The zero-order valence-corrected chi connectivity index (χ0v) is 13.3. The van der Waals surface area contributed by atoms with Crippen LogP contribution in [0.15, 0.2) is 28.8 Å². The summed E-state index contributed by atoms with van der Waals surface area (Å²) in [5.74, 6) is 1.39. The van der Waals surface area contributed by atoms with E-state index in [0.717, 1.165) is 18.8 Å². The van der Waals surface area contributed by atoms with Crippen LogP contribution in [0.2, 0.25) is 0 Å². The molecule has 0 saturated heterocycles. The zero-order chi connectivity index (χ0) is 14.8. The van der Waals surface area contributed by atoms with Crippen LogP contribution in [0.3, 0.4) is 0 Å². The second-order valence-electron chi connectivity index (χ2n) is 5.24. The predicted molar refractivity (Wildman–Crippen MR) is 85.7 cm³/mol. The molecule has 0 aliphatic rings. The molecule has 0 saturated carbocycles. The van der Waals surface area contributed by atoms with Crippen LogP contribution in [0, 0.1) is 13.8 Å². The van der Waals surface area contributed by atoms with Crippen molar-refractivity contribution in [2.45, 2.75) is 33.2 Å². The van der Waals surface area contributed by atoms with Crippen molar-refractivity contribution in [3.63, 3.8) is 0 Å². The van der Waals surface area contributed by atoms with Crippen molar-refractivity contribution in [1.29, 1.82) is 0 Å². The lowest BCUT2D eigenvalue weighted by molar-refractivity contribution is 0.386. The molecular weight excluding hydrogens is 282 g/mol. The summed E-state index contributed by atoms with van der Waals surface area (Å²) in [4.78, 5) is 5.62. The topological polar surface area (TPSA) is 51.0 Å². The highest BCUT2D eigenvalue weighted by atomic mass is 32.1. The van der Waals surface area contributed by atoms with E-state index in [-0.39, 0.29) is 0 Å². The van der Waals surface area contributed by atoms with Gasteiger partial charge in [-0.25, -0.2) is 0 Å². The first kappa shape index (κ1) is 14.2. The SMILES string of the molecule is Cc1nc(CCNC(C)c2sc3ccccc3c2C)no1. The van der Waals surface area contributed by atoms with Gasteiger partial charge in [0, 0.05) is 35.5 Å². The Morgan fingerprint density at radius 2 is 2.10 bits per heavy atom. The van der Waals surface area contributed by atoms with Gasteiger partial charge in [-0.1, -0.05) is 23.4 Å². The van der Waals surface area contributed by atoms with Gasteiger partial charge in [0.2, 0.25) is 5.89 Å². The Hall–Kier alpha value is -1.72. The van der Waals surface area contributed by atoms with Gasteiger partial charge in [0.05, 0.1) is 0 Å². The van der Waals surface area contributed by atoms with Gasteiger partial charge in [-0.05, 0) is 30.9 Å². The molecule has 5 heteroatoms. The van der Waals surface area contributed by atoms with Crippen LogP contribution in [0.1, 0.15) is 35.1 Å². The standard InChI is InChI=1S/C16H19N3OS/c1-10-13-6-4-5-7-14(13)21-16(10)11(2)17-9-8-15-18-12(3)20-19-15/h4-7,11,17H,8-9H2,1-3H3. The Morgan fingerprint density at radius 1 is 1.29 bits per heavy atom. The van der Waals surface area contributed by atoms with Gasteiger partial charge in [0.25, 0.3) is 0 Å². The number of rotatable bonds is 5. The molecule has 2 aromatic heterocycles. The van der Waals surface area contributed by atoms with Gasteiger partial charge < -0.3 is 9.84 Å². The van der Waals surface area contributed by atoms with Crippen LogP contribution in [0.5, 0.6) is 0 Å². The predicted octanol–water partition coefficient (Wildman–Crippen LogP) is 3.79. The minimum absolute atomic E-state index is 0.329. The van der Waals surface area contributed by atoms with Crippen molar-refractivity contribution in [3.05, 3.63) is 46.4 Å². The molecule has 0 fully saturated rings. The maximum absolute atomic E-state index is 4.98. The van der Waals surface area contributed by atoms with E-state index < -0.39 is 0 Å². The van der Waals surface area contributed by atoms with E-state index >= 15 is 0 Å². The van der Waals surface area contributed by atoms with E-state index in [2.05, 4.69) is 53.6 Å². The van der Waals surface area contributed by atoms with Crippen LogP contribution >= 0.6 is 11.3 Å². The molecule has 1 atom stereocenters. The van der Waals surface area contributed by atoms with Crippen molar-refractivity contribution in [2.75, 3.05) is 6.54 Å². The molecule has 0 aliphatic heterocycles. The number of aromatic nitrogens is 2. The number of nitrogens with one attached hydrogen (secondary N) is 1. The third-order valence-corrected chi connectivity index (χ3v) is 5.10. The van der Waals surface area contributed by atoms with Crippen molar-refractivity contribution in [2.24, 2.45) is 0 Å². The maximum atomic E-state index is 4.98. The second-order valence-corrected chi connectivity index (χ2v) is 6.33. The molecule has 1 aromatic carbocycles. The minimum Gasteiger partial charge on any atom is -0.340 e. The molecule has 21 heavy (non-hydrogen) atoms. The highest BCUT2D eigenvalue weighted by molar-refractivity contribution is 7.19. The third-order valence-electron chi connectivity index (χ3n) is 3.64. The molecule has 2 heterocycles. The Balaban J connectivity index is 1.66. The molecule has 3 rings (SSSR count). The Kier molecular flexibility index (Phi) is 4.03. The van der Waals surface area contributed by atoms with Crippen LogP contribution in [-0.4, -0.2) is 16.7 Å². The molecule has 110 valence electrons. The fraction of sp³-hybridized carbons (Fsp3) is 0.375. The molecule has 0 aliphatic carbocycles. The molecule has 1 unspecified atom stereocenters. The molecule has 4 nitrogen and oxygen atoms in total. The molecular formula is C16H19N3OS. The van der Waals surface area contributed by atoms with Crippen LogP contribution in [-0.2, 0) is 6.42 Å². The van der Waals surface area contributed by atoms with Crippen LogP contribution in [0.4, 0.5) is 0 Å². The van der Waals surface area contributed by atoms with E-state index in [1.165, 1.54) is 20.5 Å². The normalized spacial score (nSPS) is 12.9. The largest absolute Gasteiger partial charge is 0.340 e. The average molecular weight is 301 g/mol. The molecule has 0 amide bonds. The first-order chi connectivity index (χ1) is 10.1. The van der Waals surface area contributed by atoms with Crippen molar-refractivity contribution >= 4 is 21.4 Å². The Morgan fingerprint density at radius 3 is 2.81 bits per heavy atom. The third kappa shape index (κ3) is 2.99. The van der Waals surface area contributed by atoms with Crippen molar-refractivity contribution < 1.29 is 4.52 Å². The number of aryl methyl sites for hydroxylation is 2. The number of hydrogen-bond donors (Lipinski definition) is 1. The number of fused-ring (bicyclic) bond motifs is 1. The zero-order valence-electron chi connectivity index (χ0n) is 12.5. The highest BCUT2D eigenvalue weighted by Gasteiger charge is 2.14. The minimum atomic E-state index is 0.329.